The predicted molar refractivity (Wildman–Crippen MR) is 115 cm³/mol. The van der Waals surface area contributed by atoms with Crippen LogP contribution >= 0.6 is 11.6 Å². The first-order chi connectivity index (χ1) is 13.7. The molecule has 3 aromatic rings. The van der Waals surface area contributed by atoms with E-state index in [1.165, 1.54) is 41.5 Å². The fourth-order valence-electron chi connectivity index (χ4n) is 3.87. The van der Waals surface area contributed by atoms with Gasteiger partial charge in [-0.05, 0) is 48.4 Å². The highest BCUT2D eigenvalue weighted by Gasteiger charge is 2.17. The number of hydrogen-bond acceptors (Lipinski definition) is 3. The van der Waals surface area contributed by atoms with Crippen molar-refractivity contribution in [2.24, 2.45) is 0 Å². The second-order valence-corrected chi connectivity index (χ2v) is 7.70. The van der Waals surface area contributed by atoms with E-state index in [1.54, 1.807) is 6.20 Å². The molecule has 1 heterocycles. The number of aromatic nitrogens is 2. The molecule has 144 valence electrons. The average Bonchev–Trinajstić information content (AvgIpc) is 3.27. The minimum Gasteiger partial charge on any atom is -0.382 e. The van der Waals surface area contributed by atoms with Crippen LogP contribution in [0.3, 0.4) is 0 Å². The van der Waals surface area contributed by atoms with Gasteiger partial charge in [-0.1, -0.05) is 66.9 Å². The summed E-state index contributed by atoms with van der Waals surface area (Å²) >= 11 is 6.33. The molecule has 5 heteroatoms. The molecule has 2 aromatic carbocycles. The molecule has 0 bridgehead atoms. The van der Waals surface area contributed by atoms with Crippen LogP contribution in [0.4, 0.5) is 5.69 Å². The molecule has 1 aliphatic carbocycles. The van der Waals surface area contributed by atoms with Gasteiger partial charge in [-0.25, -0.2) is 0 Å². The van der Waals surface area contributed by atoms with Crippen LogP contribution in [0.25, 0.3) is 5.69 Å². The van der Waals surface area contributed by atoms with E-state index >= 15 is 0 Å². The van der Waals surface area contributed by atoms with Crippen LogP contribution in [-0.2, 0) is 6.42 Å². The first-order valence-electron chi connectivity index (χ1n) is 9.88. The fourth-order valence-corrected chi connectivity index (χ4v) is 4.07. The highest BCUT2D eigenvalue weighted by molar-refractivity contribution is 6.32. The zero-order chi connectivity index (χ0) is 19.3. The molecule has 0 aliphatic heterocycles. The van der Waals surface area contributed by atoms with E-state index in [-0.39, 0.29) is 10.6 Å². The lowest BCUT2D eigenvalue weighted by Gasteiger charge is -2.12. The molecule has 28 heavy (non-hydrogen) atoms. The van der Waals surface area contributed by atoms with Crippen LogP contribution in [0.1, 0.15) is 42.7 Å². The number of halogens is 1. The van der Waals surface area contributed by atoms with E-state index < -0.39 is 0 Å². The molecule has 4 nitrogen and oxygen atoms in total. The molecule has 1 fully saturated rings. The third-order valence-corrected chi connectivity index (χ3v) is 5.82. The van der Waals surface area contributed by atoms with Crippen LogP contribution in [0.2, 0.25) is 5.02 Å². The van der Waals surface area contributed by atoms with Crippen molar-refractivity contribution >= 4 is 17.3 Å². The Hall–Kier alpha value is -2.59. The van der Waals surface area contributed by atoms with Crippen molar-refractivity contribution in [2.45, 2.75) is 38.0 Å². The van der Waals surface area contributed by atoms with Gasteiger partial charge >= 0.3 is 0 Å². The average molecular weight is 394 g/mol. The number of hydrogen-bond donors (Lipinski definition) is 1. The van der Waals surface area contributed by atoms with E-state index in [9.17, 15) is 4.79 Å². The monoisotopic (exact) mass is 393 g/mol. The Balaban J connectivity index is 1.47. The Morgan fingerprint density at radius 1 is 1.04 bits per heavy atom. The maximum atomic E-state index is 12.7. The Morgan fingerprint density at radius 2 is 1.75 bits per heavy atom. The Morgan fingerprint density at radius 3 is 2.46 bits per heavy atom. The Labute approximate surface area is 170 Å². The summed E-state index contributed by atoms with van der Waals surface area (Å²) in [7, 11) is 0. The molecule has 0 saturated heterocycles. The molecular weight excluding hydrogens is 370 g/mol. The van der Waals surface area contributed by atoms with Gasteiger partial charge in [0.2, 0.25) is 0 Å². The van der Waals surface area contributed by atoms with Crippen molar-refractivity contribution < 1.29 is 0 Å². The summed E-state index contributed by atoms with van der Waals surface area (Å²) in [4.78, 5) is 12.7. The van der Waals surface area contributed by atoms with Gasteiger partial charge in [0.25, 0.3) is 5.56 Å². The van der Waals surface area contributed by atoms with E-state index in [2.05, 4.69) is 34.7 Å². The number of rotatable bonds is 6. The number of anilines is 1. The standard InChI is InChI=1S/C23H24ClN3O/c24-22-21(25-15-14-17-6-2-1-3-7-17)16-26-27(23(22)28)20-12-10-19(11-13-20)18-8-4-5-9-18/h1-3,6-7,10-13,16,18,25H,4-5,8-9,14-15H2. The van der Waals surface area contributed by atoms with Crippen molar-refractivity contribution in [1.29, 1.82) is 0 Å². The van der Waals surface area contributed by atoms with Crippen LogP contribution in [0.15, 0.2) is 65.6 Å². The molecule has 1 saturated carbocycles. The van der Waals surface area contributed by atoms with Gasteiger partial charge in [-0.3, -0.25) is 4.79 Å². The summed E-state index contributed by atoms with van der Waals surface area (Å²) in [6.45, 7) is 0.685. The van der Waals surface area contributed by atoms with Gasteiger partial charge in [0, 0.05) is 6.54 Å². The molecular formula is C23H24ClN3O. The lowest BCUT2D eigenvalue weighted by Crippen LogP contribution is -2.23. The van der Waals surface area contributed by atoms with Gasteiger partial charge in [-0.2, -0.15) is 9.78 Å². The molecule has 0 amide bonds. The highest BCUT2D eigenvalue weighted by atomic mass is 35.5. The minimum atomic E-state index is -0.306. The van der Waals surface area contributed by atoms with Crippen LogP contribution in [0, 0.1) is 0 Å². The Kier molecular flexibility index (Phi) is 5.77. The summed E-state index contributed by atoms with van der Waals surface area (Å²) < 4.78 is 1.36. The predicted octanol–water partition coefficient (Wildman–Crippen LogP) is 5.20. The molecule has 0 atom stereocenters. The summed E-state index contributed by atoms with van der Waals surface area (Å²) in [5.74, 6) is 0.651. The van der Waals surface area contributed by atoms with Gasteiger partial charge in [0.15, 0.2) is 0 Å². The number of nitrogens with one attached hydrogen (secondary N) is 1. The SMILES string of the molecule is O=c1c(Cl)c(NCCc2ccccc2)cnn1-c1ccc(C2CCCC2)cc1. The lowest BCUT2D eigenvalue weighted by atomic mass is 9.98. The van der Waals surface area contributed by atoms with E-state index in [4.69, 9.17) is 11.6 Å². The van der Waals surface area contributed by atoms with Crippen LogP contribution < -0.4 is 10.9 Å². The smallest absolute Gasteiger partial charge is 0.292 e. The van der Waals surface area contributed by atoms with Crippen molar-refractivity contribution in [2.75, 3.05) is 11.9 Å². The second-order valence-electron chi connectivity index (χ2n) is 7.32. The molecule has 1 N–H and O–H groups in total. The molecule has 0 radical (unpaired) electrons. The van der Waals surface area contributed by atoms with Gasteiger partial charge in [0.1, 0.15) is 5.02 Å². The van der Waals surface area contributed by atoms with Gasteiger partial charge in [-0.15, -0.1) is 0 Å². The third-order valence-electron chi connectivity index (χ3n) is 5.46. The highest BCUT2D eigenvalue weighted by Crippen LogP contribution is 2.34. The number of benzene rings is 2. The summed E-state index contributed by atoms with van der Waals surface area (Å²) in [6, 6.07) is 18.3. The zero-order valence-corrected chi connectivity index (χ0v) is 16.5. The zero-order valence-electron chi connectivity index (χ0n) is 15.8. The van der Waals surface area contributed by atoms with Crippen molar-refractivity contribution in [3.63, 3.8) is 0 Å². The summed E-state index contributed by atoms with van der Waals surface area (Å²) in [5.41, 5.74) is 3.58. The van der Waals surface area contributed by atoms with Crippen LogP contribution in [0.5, 0.6) is 0 Å². The first-order valence-corrected chi connectivity index (χ1v) is 10.3. The van der Waals surface area contributed by atoms with Gasteiger partial charge < -0.3 is 5.32 Å². The second kappa shape index (κ2) is 8.61. The normalized spacial score (nSPS) is 14.3. The molecule has 0 unspecified atom stereocenters. The maximum Gasteiger partial charge on any atom is 0.292 e. The minimum absolute atomic E-state index is 0.169. The first kappa shape index (κ1) is 18.8. The largest absolute Gasteiger partial charge is 0.382 e. The summed E-state index contributed by atoms with van der Waals surface area (Å²) in [6.07, 6.45) is 7.60. The van der Waals surface area contributed by atoms with E-state index in [0.717, 1.165) is 12.1 Å². The molecule has 1 aliphatic rings. The number of nitrogens with zero attached hydrogens (tertiary/aromatic N) is 2. The van der Waals surface area contributed by atoms with Gasteiger partial charge in [0.05, 0.1) is 17.6 Å². The molecule has 4 rings (SSSR count). The third kappa shape index (κ3) is 4.12. The van der Waals surface area contributed by atoms with E-state index in [1.807, 2.05) is 30.3 Å². The fraction of sp³-hybridized carbons (Fsp3) is 0.304. The van der Waals surface area contributed by atoms with Crippen molar-refractivity contribution in [3.05, 3.63) is 87.3 Å². The molecule has 0 spiro atoms. The topological polar surface area (TPSA) is 46.9 Å². The lowest BCUT2D eigenvalue weighted by molar-refractivity contribution is 0.721. The quantitative estimate of drug-likeness (QED) is 0.626. The maximum absolute atomic E-state index is 12.7. The summed E-state index contributed by atoms with van der Waals surface area (Å²) in [5, 5.41) is 7.71. The van der Waals surface area contributed by atoms with Crippen molar-refractivity contribution in [1.82, 2.24) is 9.78 Å². The Bertz CT molecular complexity index is 977. The molecule has 1 aromatic heterocycles. The van der Waals surface area contributed by atoms with E-state index in [0.29, 0.717) is 18.2 Å². The van der Waals surface area contributed by atoms with Crippen LogP contribution in [-0.4, -0.2) is 16.3 Å². The van der Waals surface area contributed by atoms with Crippen molar-refractivity contribution in [3.8, 4) is 5.69 Å².